The Hall–Kier alpha value is -7.58. The molecule has 0 saturated heterocycles. The highest BCUT2D eigenvalue weighted by molar-refractivity contribution is 7.22. The Balaban J connectivity index is 0.737. The number of thiophene rings is 4. The molecule has 0 amide bonds. The highest BCUT2D eigenvalue weighted by Crippen LogP contribution is 2.44. The molecule has 0 atom stereocenters. The van der Waals surface area contributed by atoms with Gasteiger partial charge in [-0.25, -0.2) is 0 Å². The van der Waals surface area contributed by atoms with Gasteiger partial charge in [-0.1, -0.05) is 48.5 Å². The summed E-state index contributed by atoms with van der Waals surface area (Å²) in [6.07, 6.45) is 0. The van der Waals surface area contributed by atoms with Gasteiger partial charge in [0, 0.05) is 86.0 Å². The van der Waals surface area contributed by atoms with Crippen LogP contribution in [0.1, 0.15) is 0 Å². The number of rotatable bonds is 2. The van der Waals surface area contributed by atoms with E-state index in [2.05, 4.69) is 204 Å². The predicted octanol–water partition coefficient (Wildman–Crippen LogP) is 20.1. The maximum absolute atomic E-state index is 2.44. The molecule has 0 bridgehead atoms. The Kier molecular flexibility index (Phi) is 7.44. The summed E-state index contributed by atoms with van der Waals surface area (Å²) in [7, 11) is 4.49. The summed E-state index contributed by atoms with van der Waals surface area (Å²) in [5, 5.41) is 30.3. The topological polar surface area (TPSA) is 9.86 Å². The number of hydrogen-bond donors (Lipinski definition) is 0. The Bertz CT molecular complexity index is 4720. The van der Waals surface area contributed by atoms with Crippen LogP contribution in [0.25, 0.3) is 169 Å². The molecular formula is C64H36N2S4. The molecule has 2 nitrogen and oxygen atoms in total. The zero-order chi connectivity index (χ0) is 45.7. The monoisotopic (exact) mass is 960 g/mol. The lowest BCUT2D eigenvalue weighted by Crippen LogP contribution is -1.89. The van der Waals surface area contributed by atoms with E-state index in [4.69, 9.17) is 0 Å². The van der Waals surface area contributed by atoms with Crippen molar-refractivity contribution in [2.45, 2.75) is 0 Å². The molecule has 0 N–H and O–H groups in total. The average Bonchev–Trinajstić information content (AvgIpc) is 4.26. The van der Waals surface area contributed by atoms with Gasteiger partial charge in [0.15, 0.2) is 0 Å². The maximum Gasteiger partial charge on any atom is 0.0568 e. The van der Waals surface area contributed by atoms with Gasteiger partial charge in [0.2, 0.25) is 0 Å². The van der Waals surface area contributed by atoms with E-state index in [9.17, 15) is 0 Å². The number of aromatic nitrogens is 2. The van der Waals surface area contributed by atoms with Crippen LogP contribution in [-0.4, -0.2) is 9.13 Å². The van der Waals surface area contributed by atoms with Gasteiger partial charge in [-0.2, -0.15) is 0 Å². The summed E-state index contributed by atoms with van der Waals surface area (Å²) >= 11 is 7.42. The molecule has 11 aromatic carbocycles. The first-order valence-corrected chi connectivity index (χ1v) is 27.2. The van der Waals surface area contributed by atoms with Crippen molar-refractivity contribution >= 4 is 194 Å². The second kappa shape index (κ2) is 13.6. The van der Waals surface area contributed by atoms with Crippen LogP contribution >= 0.6 is 45.3 Å². The van der Waals surface area contributed by atoms with Crippen molar-refractivity contribution in [3.8, 4) is 20.9 Å². The van der Waals surface area contributed by atoms with E-state index in [1.165, 1.54) is 169 Å². The van der Waals surface area contributed by atoms with Crippen molar-refractivity contribution in [3.63, 3.8) is 0 Å². The van der Waals surface area contributed by atoms with E-state index in [0.717, 1.165) is 0 Å². The van der Waals surface area contributed by atoms with Gasteiger partial charge in [-0.05, 0) is 219 Å². The summed E-state index contributed by atoms with van der Waals surface area (Å²) in [6.45, 7) is 0. The van der Waals surface area contributed by atoms with Gasteiger partial charge < -0.3 is 9.13 Å². The summed E-state index contributed by atoms with van der Waals surface area (Å²) < 4.78 is 10.2. The minimum Gasteiger partial charge on any atom is -0.343 e. The summed E-state index contributed by atoms with van der Waals surface area (Å²) in [5.41, 5.74) is 7.63. The lowest BCUT2D eigenvalue weighted by atomic mass is 10.0. The van der Waals surface area contributed by atoms with E-state index in [-0.39, 0.29) is 0 Å². The van der Waals surface area contributed by atoms with Gasteiger partial charge in [-0.15, -0.1) is 45.3 Å². The number of aryl methyl sites for hydroxylation is 2. The van der Waals surface area contributed by atoms with Crippen molar-refractivity contribution in [3.05, 3.63) is 181 Å². The Labute approximate surface area is 415 Å². The van der Waals surface area contributed by atoms with Gasteiger partial charge in [-0.3, -0.25) is 0 Å². The van der Waals surface area contributed by atoms with Crippen LogP contribution in [-0.2, 0) is 14.1 Å². The molecule has 6 heterocycles. The standard InChI is InChI=1S/C64H36N2S4/c1-65-55-31-54-52-10-4-34-16-36(60-30-48-24-42-22-44-26-58-38(12-14-68-58)18-40(44)20-46(42)28-62(48)70-60)6-8-50(34)64(52)66(2)56(54)32-53(55)51-9-3-33-15-35(5-7-49(33)63(51)65)59-29-47-23-41-21-43-25-57-37(11-13-67-57)17-39(43)19-45(41)27-61(47)69-59/h3-32H,1-2H3. The number of benzene rings is 11. The van der Waals surface area contributed by atoms with Crippen molar-refractivity contribution in [2.24, 2.45) is 14.1 Å². The Morgan fingerprint density at radius 1 is 0.271 bits per heavy atom. The molecule has 6 heteroatoms. The van der Waals surface area contributed by atoms with Crippen LogP contribution in [0, 0.1) is 0 Å². The molecule has 70 heavy (non-hydrogen) atoms. The van der Waals surface area contributed by atoms with Crippen LogP contribution in [0.5, 0.6) is 0 Å². The molecule has 0 spiro atoms. The minimum atomic E-state index is 1.26. The molecule has 17 rings (SSSR count). The Morgan fingerprint density at radius 3 is 1.09 bits per heavy atom. The molecule has 0 saturated carbocycles. The molecule has 0 unspecified atom stereocenters. The van der Waals surface area contributed by atoms with Crippen molar-refractivity contribution in [2.75, 3.05) is 0 Å². The van der Waals surface area contributed by atoms with Crippen LogP contribution < -0.4 is 0 Å². The largest absolute Gasteiger partial charge is 0.343 e. The van der Waals surface area contributed by atoms with Crippen LogP contribution in [0.2, 0.25) is 0 Å². The SMILES string of the molecule is Cn1c2cc3c4ccc5cc(-c6cc7cc8cc9cc%10sccc%10cc9cc8cc7s6)ccc5c4n(C)c3cc2c2ccc3cc(-c4cc5cc6cc7cc8sccc8cc7cc6cc5s4)ccc3c21. The summed E-state index contributed by atoms with van der Waals surface area (Å²) in [4.78, 5) is 2.61. The van der Waals surface area contributed by atoms with Gasteiger partial charge in [0.05, 0.1) is 11.0 Å². The quantitative estimate of drug-likeness (QED) is 0.153. The van der Waals surface area contributed by atoms with Gasteiger partial charge >= 0.3 is 0 Å². The number of fused-ring (bicyclic) bond motifs is 18. The Morgan fingerprint density at radius 2 is 0.643 bits per heavy atom. The predicted molar refractivity (Wildman–Crippen MR) is 312 cm³/mol. The highest BCUT2D eigenvalue weighted by Gasteiger charge is 2.19. The molecule has 0 fully saturated rings. The van der Waals surface area contributed by atoms with E-state index in [1.54, 1.807) is 0 Å². The zero-order valence-corrected chi connectivity index (χ0v) is 41.1. The average molecular weight is 961 g/mol. The van der Waals surface area contributed by atoms with Crippen LogP contribution in [0.3, 0.4) is 0 Å². The molecule has 326 valence electrons. The lowest BCUT2D eigenvalue weighted by molar-refractivity contribution is 1.01. The molecule has 0 aliphatic heterocycles. The summed E-state index contributed by atoms with van der Waals surface area (Å²) in [6, 6.07) is 66.0. The fraction of sp³-hybridized carbons (Fsp3) is 0.0312. The first-order chi connectivity index (χ1) is 34.4. The second-order valence-electron chi connectivity index (χ2n) is 19.5. The molecular weight excluding hydrogens is 925 g/mol. The minimum absolute atomic E-state index is 1.26. The smallest absolute Gasteiger partial charge is 0.0568 e. The van der Waals surface area contributed by atoms with E-state index in [0.29, 0.717) is 0 Å². The maximum atomic E-state index is 2.44. The third kappa shape index (κ3) is 5.31. The number of hydrogen-bond acceptors (Lipinski definition) is 4. The van der Waals surface area contributed by atoms with E-state index >= 15 is 0 Å². The van der Waals surface area contributed by atoms with E-state index < -0.39 is 0 Å². The fourth-order valence-electron chi connectivity index (χ4n) is 12.2. The lowest BCUT2D eigenvalue weighted by Gasteiger charge is -2.06. The molecule has 6 aromatic heterocycles. The highest BCUT2D eigenvalue weighted by atomic mass is 32.1. The van der Waals surface area contributed by atoms with Crippen LogP contribution in [0.4, 0.5) is 0 Å². The third-order valence-electron chi connectivity index (χ3n) is 15.6. The second-order valence-corrected chi connectivity index (χ2v) is 23.6. The van der Waals surface area contributed by atoms with Gasteiger partial charge in [0.25, 0.3) is 0 Å². The summed E-state index contributed by atoms with van der Waals surface area (Å²) in [5.74, 6) is 0. The fourth-order valence-corrected chi connectivity index (χ4v) is 16.0. The molecule has 0 radical (unpaired) electrons. The van der Waals surface area contributed by atoms with Gasteiger partial charge in [0.1, 0.15) is 0 Å². The van der Waals surface area contributed by atoms with Crippen molar-refractivity contribution < 1.29 is 0 Å². The van der Waals surface area contributed by atoms with Crippen LogP contribution in [0.15, 0.2) is 181 Å². The number of nitrogens with zero attached hydrogens (tertiary/aromatic N) is 2. The molecule has 17 aromatic rings. The molecule has 0 aliphatic carbocycles. The van der Waals surface area contributed by atoms with Crippen molar-refractivity contribution in [1.29, 1.82) is 0 Å². The first kappa shape index (κ1) is 38.3. The zero-order valence-electron chi connectivity index (χ0n) is 37.8. The first-order valence-electron chi connectivity index (χ1n) is 23.8. The third-order valence-corrected chi connectivity index (χ3v) is 19.7. The van der Waals surface area contributed by atoms with E-state index in [1.807, 2.05) is 45.3 Å². The molecule has 0 aliphatic rings. The normalized spacial score (nSPS) is 12.7. The van der Waals surface area contributed by atoms with Crippen molar-refractivity contribution in [1.82, 2.24) is 9.13 Å².